The van der Waals surface area contributed by atoms with Gasteiger partial charge in [-0.25, -0.2) is 4.98 Å². The summed E-state index contributed by atoms with van der Waals surface area (Å²) in [5.74, 6) is 2.96. The van der Waals surface area contributed by atoms with Gasteiger partial charge in [0.2, 0.25) is 5.88 Å². The maximum Gasteiger partial charge on any atom is 0.307 e. The molecule has 0 saturated heterocycles. The van der Waals surface area contributed by atoms with Crippen molar-refractivity contribution in [2.75, 3.05) is 4.90 Å². The number of hydrogen-bond acceptors (Lipinski definition) is 5. The maximum absolute atomic E-state index is 6.75. The van der Waals surface area contributed by atoms with Crippen LogP contribution in [0, 0.1) is 0 Å². The highest BCUT2D eigenvalue weighted by Crippen LogP contribution is 2.48. The van der Waals surface area contributed by atoms with Gasteiger partial charge < -0.3 is 18.8 Å². The summed E-state index contributed by atoms with van der Waals surface area (Å²) in [6, 6.07) is 33.9. The topological polar surface area (TPSA) is 47.7 Å². The van der Waals surface area contributed by atoms with E-state index < -0.39 is 0 Å². The molecule has 4 heterocycles. The van der Waals surface area contributed by atoms with E-state index in [1.165, 1.54) is 11.1 Å². The number of para-hydroxylation sites is 2. The smallest absolute Gasteiger partial charge is 0.307 e. The summed E-state index contributed by atoms with van der Waals surface area (Å²) in [6.45, 7) is 9.23. The summed E-state index contributed by atoms with van der Waals surface area (Å²) in [7, 11) is 0. The first-order valence-electron chi connectivity index (χ1n) is 15.8. The predicted molar refractivity (Wildman–Crippen MR) is 182 cm³/mol. The minimum absolute atomic E-state index is 0.0625. The Balaban J connectivity index is 1.25. The Morgan fingerprint density at radius 1 is 0.689 bits per heavy atom. The van der Waals surface area contributed by atoms with Crippen LogP contribution in [0.3, 0.4) is 0 Å². The van der Waals surface area contributed by atoms with Gasteiger partial charge in [0, 0.05) is 28.7 Å². The predicted octanol–water partition coefficient (Wildman–Crippen LogP) is 8.37. The molecule has 0 fully saturated rings. The number of furan rings is 1. The van der Waals surface area contributed by atoms with Crippen LogP contribution in [0.25, 0.3) is 11.0 Å². The largest absolute Gasteiger partial charge is 0.466 e. The van der Waals surface area contributed by atoms with Crippen molar-refractivity contribution in [1.82, 2.24) is 4.98 Å². The fourth-order valence-electron chi connectivity index (χ4n) is 7.56. The van der Waals surface area contributed by atoms with Crippen molar-refractivity contribution in [2.45, 2.75) is 51.4 Å². The lowest BCUT2D eigenvalue weighted by Crippen LogP contribution is -2.57. The molecule has 0 bridgehead atoms. The van der Waals surface area contributed by atoms with Crippen molar-refractivity contribution in [1.29, 1.82) is 0 Å². The summed E-state index contributed by atoms with van der Waals surface area (Å²) in [6.07, 6.45) is 4.05. The number of anilines is 3. The zero-order chi connectivity index (χ0) is 30.5. The van der Waals surface area contributed by atoms with Gasteiger partial charge in [-0.2, -0.15) is 0 Å². The van der Waals surface area contributed by atoms with Crippen LogP contribution in [0.4, 0.5) is 17.1 Å². The van der Waals surface area contributed by atoms with Gasteiger partial charge in [-0.1, -0.05) is 70.2 Å². The summed E-state index contributed by atoms with van der Waals surface area (Å²) in [5.41, 5.74) is 9.70. The number of rotatable bonds is 3. The molecular weight excluding hydrogens is 555 g/mol. The molecule has 1 aliphatic carbocycles. The molecular formula is C39H33BN2O3. The zero-order valence-electron chi connectivity index (χ0n) is 25.9. The second kappa shape index (κ2) is 9.27. The van der Waals surface area contributed by atoms with Crippen molar-refractivity contribution in [3.05, 3.63) is 114 Å². The third-order valence-corrected chi connectivity index (χ3v) is 10.1. The van der Waals surface area contributed by atoms with E-state index in [1.54, 1.807) is 6.20 Å². The highest BCUT2D eigenvalue weighted by molar-refractivity contribution is 6.97. The van der Waals surface area contributed by atoms with Gasteiger partial charge >= 0.3 is 6.71 Å². The van der Waals surface area contributed by atoms with Crippen molar-refractivity contribution < 1.29 is 13.9 Å². The molecule has 0 N–H and O–H groups in total. The lowest BCUT2D eigenvalue weighted by atomic mass is 9.37. The molecule has 0 spiro atoms. The number of benzene rings is 4. The van der Waals surface area contributed by atoms with Crippen LogP contribution in [-0.4, -0.2) is 11.7 Å². The van der Waals surface area contributed by atoms with Crippen molar-refractivity contribution >= 4 is 51.3 Å². The Bertz CT molecular complexity index is 2100. The molecule has 2 aromatic heterocycles. The summed E-state index contributed by atoms with van der Waals surface area (Å²) in [5, 5.41) is 0.941. The monoisotopic (exact) mass is 588 g/mol. The average Bonchev–Trinajstić information content (AvgIpc) is 3.42. The quantitative estimate of drug-likeness (QED) is 0.194. The molecule has 0 unspecified atom stereocenters. The van der Waals surface area contributed by atoms with E-state index in [9.17, 15) is 0 Å². The van der Waals surface area contributed by atoms with Crippen LogP contribution < -0.4 is 31.0 Å². The van der Waals surface area contributed by atoms with Crippen molar-refractivity contribution in [2.24, 2.45) is 0 Å². The molecule has 0 atom stereocenters. The van der Waals surface area contributed by atoms with E-state index in [-0.39, 0.29) is 17.5 Å². The standard InChI is InChI=1S/C39H33BN2O3/c1-38(2)18-19-39(3,4)29-23-33-30(22-28(29)38)40-34-32(17-20-41-37(34)45-33)43-35-27-21-26(15-16-31(27)44-36(35)40)42(24-11-7-5-8-12-24)25-13-9-6-10-14-25/h5-17,20-23H,18-19H2,1-4H3. The Morgan fingerprint density at radius 3 is 2.04 bits per heavy atom. The van der Waals surface area contributed by atoms with Crippen LogP contribution in [-0.2, 0) is 10.8 Å². The third kappa shape index (κ3) is 3.91. The molecule has 2 aliphatic heterocycles. The molecule has 3 aliphatic rings. The third-order valence-electron chi connectivity index (χ3n) is 10.1. The maximum atomic E-state index is 6.75. The Morgan fingerprint density at radius 2 is 1.36 bits per heavy atom. The lowest BCUT2D eigenvalue weighted by Gasteiger charge is -2.43. The van der Waals surface area contributed by atoms with E-state index in [2.05, 4.69) is 116 Å². The van der Waals surface area contributed by atoms with Gasteiger partial charge in [0.1, 0.15) is 22.7 Å². The van der Waals surface area contributed by atoms with E-state index in [0.29, 0.717) is 5.88 Å². The molecule has 4 aromatic carbocycles. The van der Waals surface area contributed by atoms with Crippen LogP contribution in [0.15, 0.2) is 108 Å². The highest BCUT2D eigenvalue weighted by Gasteiger charge is 2.47. The Kier molecular flexibility index (Phi) is 5.45. The summed E-state index contributed by atoms with van der Waals surface area (Å²) >= 11 is 0. The van der Waals surface area contributed by atoms with Crippen molar-refractivity contribution in [3.8, 4) is 23.1 Å². The number of pyridine rings is 1. The first-order chi connectivity index (χ1) is 21.8. The molecule has 9 rings (SSSR count). The fourth-order valence-corrected chi connectivity index (χ4v) is 7.56. The number of fused-ring (bicyclic) bond motifs is 7. The lowest BCUT2D eigenvalue weighted by molar-refractivity contribution is 0.330. The zero-order valence-corrected chi connectivity index (χ0v) is 25.9. The minimum Gasteiger partial charge on any atom is -0.466 e. The van der Waals surface area contributed by atoms with Gasteiger partial charge in [0.15, 0.2) is 5.75 Å². The van der Waals surface area contributed by atoms with Gasteiger partial charge in [-0.15, -0.1) is 0 Å². The second-order valence-corrected chi connectivity index (χ2v) is 13.9. The van der Waals surface area contributed by atoms with Gasteiger partial charge in [-0.3, -0.25) is 0 Å². The number of nitrogens with zero attached hydrogens (tertiary/aromatic N) is 2. The SMILES string of the molecule is CC1(C)CCC(C)(C)c2cc3c(cc21)Oc1nccc2c1B3c1oc3ccc(N(c4ccccc4)c4ccccc4)cc3c1O2. The number of aromatic nitrogens is 1. The number of ether oxygens (including phenoxy) is 2. The van der Waals surface area contributed by atoms with Gasteiger partial charge in [-0.05, 0) is 94.9 Å². The second-order valence-electron chi connectivity index (χ2n) is 13.9. The Hall–Kier alpha value is -4.97. The fraction of sp³-hybridized carbons (Fsp3) is 0.205. The molecule has 0 amide bonds. The molecule has 5 nitrogen and oxygen atoms in total. The van der Waals surface area contributed by atoms with Crippen LogP contribution in [0.5, 0.6) is 23.1 Å². The molecule has 0 radical (unpaired) electrons. The molecule has 45 heavy (non-hydrogen) atoms. The van der Waals surface area contributed by atoms with Crippen molar-refractivity contribution in [3.63, 3.8) is 0 Å². The molecule has 6 aromatic rings. The molecule has 220 valence electrons. The normalized spacial score (nSPS) is 16.5. The number of hydrogen-bond donors (Lipinski definition) is 0. The van der Waals surface area contributed by atoms with Gasteiger partial charge in [0.25, 0.3) is 0 Å². The van der Waals surface area contributed by atoms with E-state index >= 15 is 0 Å². The van der Waals surface area contributed by atoms with E-state index in [0.717, 1.165) is 74.7 Å². The Labute approximate surface area is 263 Å². The minimum atomic E-state index is -0.183. The first kappa shape index (κ1) is 26.4. The van der Waals surface area contributed by atoms with Crippen LogP contribution in [0.1, 0.15) is 51.7 Å². The van der Waals surface area contributed by atoms with E-state index in [1.807, 2.05) is 18.2 Å². The van der Waals surface area contributed by atoms with Gasteiger partial charge in [0.05, 0.1) is 5.39 Å². The van der Waals surface area contributed by atoms with Crippen LogP contribution in [0.2, 0.25) is 0 Å². The van der Waals surface area contributed by atoms with E-state index in [4.69, 9.17) is 13.9 Å². The average molecular weight is 589 g/mol. The summed E-state index contributed by atoms with van der Waals surface area (Å²) < 4.78 is 20.0. The highest BCUT2D eigenvalue weighted by atomic mass is 16.5. The first-order valence-corrected chi connectivity index (χ1v) is 15.8. The molecule has 6 heteroatoms. The van der Waals surface area contributed by atoms with Crippen LogP contribution >= 0.6 is 0 Å². The molecule has 0 saturated carbocycles. The summed E-state index contributed by atoms with van der Waals surface area (Å²) in [4.78, 5) is 6.93.